The van der Waals surface area contributed by atoms with Crippen molar-refractivity contribution in [3.8, 4) is 0 Å². The molecule has 0 fully saturated rings. The van der Waals surface area contributed by atoms with E-state index in [1.165, 1.54) is 10.6 Å². The molecule has 0 saturated heterocycles. The average molecular weight is 348 g/mol. The van der Waals surface area contributed by atoms with Crippen LogP contribution in [0.25, 0.3) is 17.0 Å². The van der Waals surface area contributed by atoms with Gasteiger partial charge in [-0.2, -0.15) is 0 Å². The molecule has 0 aliphatic rings. The van der Waals surface area contributed by atoms with Gasteiger partial charge in [0.1, 0.15) is 0 Å². The van der Waals surface area contributed by atoms with E-state index in [0.29, 0.717) is 23.4 Å². The number of nitrogens with zero attached hydrogens (tertiary/aromatic N) is 2. The quantitative estimate of drug-likeness (QED) is 0.549. The minimum atomic E-state index is -0.337. The van der Waals surface area contributed by atoms with E-state index < -0.39 is 0 Å². The number of hydrogen-bond acceptors (Lipinski definition) is 4. The molecule has 0 aliphatic heterocycles. The zero-order valence-electron chi connectivity index (χ0n) is 14.7. The number of aromatic nitrogens is 2. The maximum Gasteiger partial charge on any atom is 0.262 e. The van der Waals surface area contributed by atoms with Gasteiger partial charge in [-0.15, -0.1) is 0 Å². The summed E-state index contributed by atoms with van der Waals surface area (Å²) in [5.41, 5.74) is 7.79. The molecule has 2 aromatic carbocycles. The normalized spacial score (nSPS) is 11.0. The number of para-hydroxylation sites is 1. The first-order valence-corrected chi connectivity index (χ1v) is 8.39. The second kappa shape index (κ2) is 7.65. The van der Waals surface area contributed by atoms with Crippen LogP contribution < -0.4 is 16.4 Å². The summed E-state index contributed by atoms with van der Waals surface area (Å²) in [4.78, 5) is 29.0. The van der Waals surface area contributed by atoms with Crippen LogP contribution in [0.1, 0.15) is 18.1 Å². The number of amides is 1. The van der Waals surface area contributed by atoms with Crippen molar-refractivity contribution >= 4 is 28.8 Å². The Hall–Kier alpha value is -3.41. The van der Waals surface area contributed by atoms with Gasteiger partial charge in [0, 0.05) is 12.6 Å². The monoisotopic (exact) mass is 348 g/mol. The highest BCUT2D eigenvalue weighted by molar-refractivity contribution is 5.92. The summed E-state index contributed by atoms with van der Waals surface area (Å²) in [5, 5.41) is 0.547. The Morgan fingerprint density at radius 2 is 2.00 bits per heavy atom. The van der Waals surface area contributed by atoms with Crippen molar-refractivity contribution in [1.82, 2.24) is 15.0 Å². The largest absolute Gasteiger partial charge is 0.277 e. The number of aryl methyl sites for hydroxylation is 1. The molecule has 6 heteroatoms. The smallest absolute Gasteiger partial charge is 0.262 e. The fourth-order valence-corrected chi connectivity index (χ4v) is 2.66. The number of anilines is 1. The van der Waals surface area contributed by atoms with Crippen molar-refractivity contribution < 1.29 is 4.79 Å². The maximum atomic E-state index is 12.5. The zero-order chi connectivity index (χ0) is 18.5. The Kier molecular flexibility index (Phi) is 5.12. The van der Waals surface area contributed by atoms with Crippen molar-refractivity contribution in [3.05, 3.63) is 76.1 Å². The van der Waals surface area contributed by atoms with Gasteiger partial charge in [0.2, 0.25) is 5.95 Å². The Morgan fingerprint density at radius 1 is 1.19 bits per heavy atom. The predicted octanol–water partition coefficient (Wildman–Crippen LogP) is 2.88. The van der Waals surface area contributed by atoms with E-state index in [0.717, 1.165) is 11.1 Å². The number of hydrazine groups is 1. The van der Waals surface area contributed by atoms with Gasteiger partial charge >= 0.3 is 0 Å². The lowest BCUT2D eigenvalue weighted by Gasteiger charge is -2.13. The summed E-state index contributed by atoms with van der Waals surface area (Å²) in [7, 11) is 0. The third-order valence-electron chi connectivity index (χ3n) is 3.94. The Morgan fingerprint density at radius 3 is 2.77 bits per heavy atom. The van der Waals surface area contributed by atoms with Gasteiger partial charge in [-0.1, -0.05) is 42.0 Å². The molecule has 1 amide bonds. The number of nitrogens with one attached hydrogen (secondary N) is 2. The highest BCUT2D eigenvalue weighted by Gasteiger charge is 2.09. The van der Waals surface area contributed by atoms with E-state index in [9.17, 15) is 9.59 Å². The molecule has 6 nitrogen and oxygen atoms in total. The molecule has 0 spiro atoms. The molecular formula is C20H20N4O2. The van der Waals surface area contributed by atoms with Gasteiger partial charge in [0.15, 0.2) is 0 Å². The van der Waals surface area contributed by atoms with Crippen LogP contribution in [0.15, 0.2) is 59.4 Å². The number of carbonyl (C=O) groups excluding carboxylic acids is 1. The van der Waals surface area contributed by atoms with Gasteiger partial charge in [-0.3, -0.25) is 25.0 Å². The summed E-state index contributed by atoms with van der Waals surface area (Å²) in [5.74, 6) is -0.0370. The highest BCUT2D eigenvalue weighted by Crippen LogP contribution is 2.10. The molecule has 3 rings (SSSR count). The molecule has 0 aliphatic carbocycles. The van der Waals surface area contributed by atoms with Crippen molar-refractivity contribution in [1.29, 1.82) is 0 Å². The van der Waals surface area contributed by atoms with Crippen LogP contribution >= 0.6 is 0 Å². The van der Waals surface area contributed by atoms with Crippen LogP contribution in [-0.4, -0.2) is 15.5 Å². The van der Waals surface area contributed by atoms with Crippen LogP contribution in [0.5, 0.6) is 0 Å². The van der Waals surface area contributed by atoms with E-state index in [2.05, 4.69) is 15.8 Å². The molecule has 0 unspecified atom stereocenters. The lowest BCUT2D eigenvalue weighted by Crippen LogP contribution is -2.33. The fraction of sp³-hybridized carbons (Fsp3) is 0.150. The zero-order valence-corrected chi connectivity index (χ0v) is 14.7. The SMILES string of the molecule is CCn1c(NNC(=O)/C=C/c2cccc(C)c2)nc2ccccc2c1=O. The summed E-state index contributed by atoms with van der Waals surface area (Å²) in [6, 6.07) is 15.0. The molecule has 0 bridgehead atoms. The number of benzene rings is 2. The highest BCUT2D eigenvalue weighted by atomic mass is 16.2. The second-order valence-electron chi connectivity index (χ2n) is 5.86. The topological polar surface area (TPSA) is 76.0 Å². The minimum Gasteiger partial charge on any atom is -0.277 e. The van der Waals surface area contributed by atoms with Crippen LogP contribution in [0.4, 0.5) is 5.95 Å². The third-order valence-corrected chi connectivity index (χ3v) is 3.94. The van der Waals surface area contributed by atoms with Crippen LogP contribution in [0.3, 0.4) is 0 Å². The molecule has 1 aromatic heterocycles. The molecule has 26 heavy (non-hydrogen) atoms. The standard InChI is InChI=1S/C20H20N4O2/c1-3-24-19(26)16-9-4-5-10-17(16)21-20(24)23-22-18(25)12-11-15-8-6-7-14(2)13-15/h4-13H,3H2,1-2H3,(H,21,23)(H,22,25)/b12-11+. The third kappa shape index (κ3) is 3.80. The number of carbonyl (C=O) groups is 1. The van der Waals surface area contributed by atoms with Crippen molar-refractivity contribution in [2.75, 3.05) is 5.43 Å². The van der Waals surface area contributed by atoms with E-state index in [1.54, 1.807) is 24.3 Å². The summed E-state index contributed by atoms with van der Waals surface area (Å²) >= 11 is 0. The Labute approximate surface area is 151 Å². The lowest BCUT2D eigenvalue weighted by atomic mass is 10.1. The molecule has 3 aromatic rings. The van der Waals surface area contributed by atoms with Gasteiger partial charge in [-0.25, -0.2) is 4.98 Å². The van der Waals surface area contributed by atoms with Crippen LogP contribution in [0, 0.1) is 6.92 Å². The Bertz CT molecular complexity index is 1040. The molecule has 0 atom stereocenters. The van der Waals surface area contributed by atoms with E-state index >= 15 is 0 Å². The minimum absolute atomic E-state index is 0.148. The first-order chi connectivity index (χ1) is 12.6. The predicted molar refractivity (Wildman–Crippen MR) is 104 cm³/mol. The summed E-state index contributed by atoms with van der Waals surface area (Å²) < 4.78 is 1.48. The van der Waals surface area contributed by atoms with Gasteiger partial charge < -0.3 is 0 Å². The molecule has 0 saturated carbocycles. The van der Waals surface area contributed by atoms with E-state index in [-0.39, 0.29) is 11.5 Å². The van der Waals surface area contributed by atoms with Crippen LogP contribution in [0.2, 0.25) is 0 Å². The van der Waals surface area contributed by atoms with Gasteiger partial charge in [0.05, 0.1) is 10.9 Å². The van der Waals surface area contributed by atoms with Gasteiger partial charge in [-0.05, 0) is 37.6 Å². The van der Waals surface area contributed by atoms with Gasteiger partial charge in [0.25, 0.3) is 11.5 Å². The second-order valence-corrected chi connectivity index (χ2v) is 5.86. The average Bonchev–Trinajstić information content (AvgIpc) is 2.65. The van der Waals surface area contributed by atoms with Crippen molar-refractivity contribution in [2.24, 2.45) is 0 Å². The molecule has 2 N–H and O–H groups in total. The molecule has 1 heterocycles. The van der Waals surface area contributed by atoms with E-state index in [1.807, 2.05) is 44.2 Å². The number of rotatable bonds is 5. The van der Waals surface area contributed by atoms with Crippen LogP contribution in [-0.2, 0) is 11.3 Å². The first-order valence-electron chi connectivity index (χ1n) is 8.39. The van der Waals surface area contributed by atoms with Crippen molar-refractivity contribution in [2.45, 2.75) is 20.4 Å². The number of hydrogen-bond donors (Lipinski definition) is 2. The molecular weight excluding hydrogens is 328 g/mol. The lowest BCUT2D eigenvalue weighted by molar-refractivity contribution is -0.116. The first kappa shape index (κ1) is 17.4. The molecule has 132 valence electrons. The molecule has 0 radical (unpaired) electrons. The van der Waals surface area contributed by atoms with Crippen molar-refractivity contribution in [3.63, 3.8) is 0 Å². The summed E-state index contributed by atoms with van der Waals surface area (Å²) in [6.07, 6.45) is 3.15. The maximum absolute atomic E-state index is 12.5. The number of fused-ring (bicyclic) bond motifs is 1. The fourth-order valence-electron chi connectivity index (χ4n) is 2.66. The van der Waals surface area contributed by atoms with E-state index in [4.69, 9.17) is 0 Å². The Balaban J connectivity index is 1.77. The summed E-state index contributed by atoms with van der Waals surface area (Å²) in [6.45, 7) is 4.28.